The Balaban J connectivity index is 2.05. The molecule has 2 heteroatoms. The van der Waals surface area contributed by atoms with Crippen LogP contribution in [-0.2, 0) is 0 Å². The summed E-state index contributed by atoms with van der Waals surface area (Å²) < 4.78 is 2.68. The monoisotopic (exact) mass is 367 g/mol. The lowest BCUT2D eigenvalue weighted by atomic mass is 9.98. The van der Waals surface area contributed by atoms with E-state index in [1.54, 1.807) is 0 Å². The molecule has 0 aliphatic heterocycles. The van der Waals surface area contributed by atoms with Crippen LogP contribution in [0.4, 0.5) is 0 Å². The minimum absolute atomic E-state index is 1.10. The normalized spacial score (nSPS) is 11.7. The van der Waals surface area contributed by atoms with Crippen molar-refractivity contribution in [2.75, 3.05) is 0 Å². The molecule has 0 unspecified atom stereocenters. The van der Waals surface area contributed by atoms with E-state index in [0.29, 0.717) is 0 Å². The fraction of sp³-hybridized carbons (Fsp3) is 0.160. The quantitative estimate of drug-likeness (QED) is 0.299. The van der Waals surface area contributed by atoms with E-state index >= 15 is 0 Å². The zero-order valence-corrected chi connectivity index (χ0v) is 16.9. The fourth-order valence-electron chi connectivity index (χ4n) is 4.28. The van der Waals surface area contributed by atoms with Crippen molar-refractivity contribution in [1.29, 1.82) is 0 Å². The molecule has 0 N–H and O–H groups in total. The number of hydrogen-bond donors (Lipinski definition) is 0. The minimum atomic E-state index is 1.10. The van der Waals surface area contributed by atoms with E-state index in [0.717, 1.165) is 11.2 Å². The molecule has 1 nitrogen and oxygen atoms in total. The average Bonchev–Trinajstić information content (AvgIpc) is 2.98. The molecule has 0 spiro atoms. The highest BCUT2D eigenvalue weighted by molar-refractivity contribution is 7.26. The van der Waals surface area contributed by atoms with Crippen LogP contribution in [0, 0.1) is 27.7 Å². The molecule has 0 saturated heterocycles. The highest BCUT2D eigenvalue weighted by Gasteiger charge is 2.17. The zero-order chi connectivity index (χ0) is 18.7. The molecule has 0 atom stereocenters. The van der Waals surface area contributed by atoms with Gasteiger partial charge in [-0.1, -0.05) is 41.5 Å². The standard InChI is InChI=1S/C25H21NS/c1-14-9-15(2)12-18(11-14)24-23-19-7-5-6-8-21(19)27-25(23)22-17(4)10-16(3)13-20(22)26-24/h5-13H,1-4H3. The third kappa shape index (κ3) is 2.55. The maximum atomic E-state index is 5.21. The van der Waals surface area contributed by atoms with Crippen molar-refractivity contribution in [1.82, 2.24) is 4.98 Å². The van der Waals surface area contributed by atoms with Gasteiger partial charge in [0.2, 0.25) is 0 Å². The van der Waals surface area contributed by atoms with E-state index in [9.17, 15) is 0 Å². The third-order valence-corrected chi connectivity index (χ3v) is 6.43. The summed E-state index contributed by atoms with van der Waals surface area (Å²) in [7, 11) is 0. The summed E-state index contributed by atoms with van der Waals surface area (Å²) in [6, 6.07) is 19.9. The van der Waals surface area contributed by atoms with Crippen LogP contribution >= 0.6 is 11.3 Å². The summed E-state index contributed by atoms with van der Waals surface area (Å²) in [6.07, 6.45) is 0. The van der Waals surface area contributed by atoms with Crippen LogP contribution in [0.3, 0.4) is 0 Å². The van der Waals surface area contributed by atoms with Crippen molar-refractivity contribution in [3.63, 3.8) is 0 Å². The van der Waals surface area contributed by atoms with E-state index in [2.05, 4.69) is 82.3 Å². The molecule has 27 heavy (non-hydrogen) atoms. The number of fused-ring (bicyclic) bond motifs is 5. The summed E-state index contributed by atoms with van der Waals surface area (Å²) >= 11 is 1.89. The molecule has 132 valence electrons. The number of pyridine rings is 1. The summed E-state index contributed by atoms with van der Waals surface area (Å²) in [5.41, 5.74) is 8.54. The van der Waals surface area contributed by atoms with E-state index in [1.165, 1.54) is 53.4 Å². The van der Waals surface area contributed by atoms with Crippen molar-refractivity contribution in [2.24, 2.45) is 0 Å². The topological polar surface area (TPSA) is 12.9 Å². The van der Waals surface area contributed by atoms with Gasteiger partial charge in [0.1, 0.15) is 0 Å². The van der Waals surface area contributed by atoms with Crippen LogP contribution in [0.15, 0.2) is 54.6 Å². The first-order valence-electron chi connectivity index (χ1n) is 9.32. The van der Waals surface area contributed by atoms with Crippen LogP contribution in [0.2, 0.25) is 0 Å². The lowest BCUT2D eigenvalue weighted by molar-refractivity contribution is 1.35. The first-order chi connectivity index (χ1) is 13.0. The van der Waals surface area contributed by atoms with Crippen LogP contribution in [0.1, 0.15) is 22.3 Å². The molecule has 3 aromatic carbocycles. The number of aromatic nitrogens is 1. The smallest absolute Gasteiger partial charge is 0.0803 e. The predicted octanol–water partition coefficient (Wildman–Crippen LogP) is 7.50. The second-order valence-corrected chi connectivity index (χ2v) is 8.67. The van der Waals surface area contributed by atoms with Crippen molar-refractivity contribution in [2.45, 2.75) is 27.7 Å². The molecular weight excluding hydrogens is 346 g/mol. The second-order valence-electron chi connectivity index (χ2n) is 7.62. The molecule has 0 fully saturated rings. The molecule has 0 amide bonds. The Hall–Kier alpha value is -2.71. The van der Waals surface area contributed by atoms with Crippen molar-refractivity contribution >= 4 is 42.4 Å². The van der Waals surface area contributed by atoms with Gasteiger partial charge in [-0.15, -0.1) is 11.3 Å². The number of rotatable bonds is 1. The molecule has 5 rings (SSSR count). The molecule has 0 aliphatic rings. The fourth-order valence-corrected chi connectivity index (χ4v) is 5.60. The zero-order valence-electron chi connectivity index (χ0n) is 16.1. The Labute approximate surface area is 163 Å². The molecular formula is C25H21NS. The summed E-state index contributed by atoms with van der Waals surface area (Å²) in [5.74, 6) is 0. The number of benzene rings is 3. The van der Waals surface area contributed by atoms with Gasteiger partial charge in [0.15, 0.2) is 0 Å². The Morgan fingerprint density at radius 3 is 2.22 bits per heavy atom. The molecule has 0 radical (unpaired) electrons. The highest BCUT2D eigenvalue weighted by atomic mass is 32.1. The van der Waals surface area contributed by atoms with Gasteiger partial charge >= 0.3 is 0 Å². The Morgan fingerprint density at radius 1 is 0.741 bits per heavy atom. The SMILES string of the molecule is Cc1cc(C)cc(-c2nc3cc(C)cc(C)c3c3sc4ccccc4c23)c1. The third-order valence-electron chi connectivity index (χ3n) is 5.25. The van der Waals surface area contributed by atoms with Crippen LogP contribution in [0.5, 0.6) is 0 Å². The second kappa shape index (κ2) is 5.90. The Morgan fingerprint density at radius 2 is 1.44 bits per heavy atom. The molecule has 2 aromatic heterocycles. The summed E-state index contributed by atoms with van der Waals surface area (Å²) in [4.78, 5) is 5.21. The van der Waals surface area contributed by atoms with E-state index in [1.807, 2.05) is 11.3 Å². The number of nitrogens with zero attached hydrogens (tertiary/aromatic N) is 1. The molecule has 2 heterocycles. The van der Waals surface area contributed by atoms with E-state index in [-0.39, 0.29) is 0 Å². The van der Waals surface area contributed by atoms with Crippen LogP contribution in [0.25, 0.3) is 42.3 Å². The van der Waals surface area contributed by atoms with Gasteiger partial charge in [-0.3, -0.25) is 0 Å². The van der Waals surface area contributed by atoms with Gasteiger partial charge in [-0.05, 0) is 63.1 Å². The first-order valence-corrected chi connectivity index (χ1v) is 10.1. The van der Waals surface area contributed by atoms with Gasteiger partial charge < -0.3 is 0 Å². The van der Waals surface area contributed by atoms with Gasteiger partial charge in [0, 0.05) is 31.1 Å². The number of hydrogen-bond acceptors (Lipinski definition) is 2. The Kier molecular flexibility index (Phi) is 3.60. The molecule has 0 saturated carbocycles. The van der Waals surface area contributed by atoms with Gasteiger partial charge in [0.25, 0.3) is 0 Å². The molecule has 5 aromatic rings. The van der Waals surface area contributed by atoms with Crippen molar-refractivity contribution < 1.29 is 0 Å². The van der Waals surface area contributed by atoms with Crippen LogP contribution < -0.4 is 0 Å². The maximum Gasteiger partial charge on any atom is 0.0803 e. The number of aryl methyl sites for hydroxylation is 4. The molecule has 0 aliphatic carbocycles. The first kappa shape index (κ1) is 16.5. The van der Waals surface area contributed by atoms with Crippen molar-refractivity contribution in [3.8, 4) is 11.3 Å². The summed E-state index contributed by atoms with van der Waals surface area (Å²) in [5, 5.41) is 3.89. The highest BCUT2D eigenvalue weighted by Crippen LogP contribution is 2.43. The average molecular weight is 368 g/mol. The summed E-state index contributed by atoms with van der Waals surface area (Å²) in [6.45, 7) is 8.68. The van der Waals surface area contributed by atoms with E-state index in [4.69, 9.17) is 4.98 Å². The van der Waals surface area contributed by atoms with Crippen molar-refractivity contribution in [3.05, 3.63) is 76.9 Å². The Bertz CT molecular complexity index is 1340. The van der Waals surface area contributed by atoms with Gasteiger partial charge in [-0.25, -0.2) is 4.98 Å². The van der Waals surface area contributed by atoms with Gasteiger partial charge in [-0.2, -0.15) is 0 Å². The minimum Gasteiger partial charge on any atom is -0.247 e. The van der Waals surface area contributed by atoms with E-state index < -0.39 is 0 Å². The largest absolute Gasteiger partial charge is 0.247 e. The lowest BCUT2D eigenvalue weighted by Crippen LogP contribution is -1.92. The molecule has 0 bridgehead atoms. The lowest BCUT2D eigenvalue weighted by Gasteiger charge is -2.11. The van der Waals surface area contributed by atoms with Crippen LogP contribution in [-0.4, -0.2) is 4.98 Å². The maximum absolute atomic E-state index is 5.21. The van der Waals surface area contributed by atoms with Gasteiger partial charge in [0.05, 0.1) is 11.2 Å². The number of thiophene rings is 1. The predicted molar refractivity (Wildman–Crippen MR) is 119 cm³/mol.